The van der Waals surface area contributed by atoms with Gasteiger partial charge in [0.25, 0.3) is 0 Å². The number of ether oxygens (including phenoxy) is 1. The Morgan fingerprint density at radius 3 is 2.48 bits per heavy atom. The van der Waals surface area contributed by atoms with Crippen molar-refractivity contribution in [3.63, 3.8) is 0 Å². The molecule has 1 fully saturated rings. The minimum absolute atomic E-state index is 0.0771. The fraction of sp³-hybridized carbons (Fsp3) is 0.600. The lowest BCUT2D eigenvalue weighted by Crippen LogP contribution is -2.61. The van der Waals surface area contributed by atoms with Crippen molar-refractivity contribution in [1.29, 1.82) is 0 Å². The first-order chi connectivity index (χ1) is 9.61. The largest absolute Gasteiger partial charge is 0.398 e. The molecular formula is C15H24N2O3S. The van der Waals surface area contributed by atoms with Crippen molar-refractivity contribution in [1.82, 2.24) is 4.72 Å². The molecule has 2 atom stereocenters. The summed E-state index contributed by atoms with van der Waals surface area (Å²) >= 11 is 0. The molecule has 0 radical (unpaired) electrons. The first-order valence-corrected chi connectivity index (χ1v) is 8.50. The van der Waals surface area contributed by atoms with Gasteiger partial charge in [-0.2, -0.15) is 0 Å². The summed E-state index contributed by atoms with van der Waals surface area (Å²) in [5, 5.41) is 0. The lowest BCUT2D eigenvalue weighted by Gasteiger charge is -2.51. The molecule has 3 N–H and O–H groups in total. The summed E-state index contributed by atoms with van der Waals surface area (Å²) < 4.78 is 33.6. The van der Waals surface area contributed by atoms with Crippen LogP contribution in [0.5, 0.6) is 0 Å². The van der Waals surface area contributed by atoms with Gasteiger partial charge in [-0.3, -0.25) is 0 Å². The second-order valence-corrected chi connectivity index (χ2v) is 8.03. The molecule has 1 aromatic carbocycles. The Labute approximate surface area is 126 Å². The summed E-state index contributed by atoms with van der Waals surface area (Å²) in [6.07, 6.45) is 0.761. The average Bonchev–Trinajstić information content (AvgIpc) is 2.38. The van der Waals surface area contributed by atoms with Crippen molar-refractivity contribution in [2.75, 3.05) is 12.8 Å². The second-order valence-electron chi connectivity index (χ2n) is 6.38. The van der Waals surface area contributed by atoms with Crippen LogP contribution in [0.2, 0.25) is 0 Å². The molecule has 6 heteroatoms. The van der Waals surface area contributed by atoms with Crippen LogP contribution in [0.1, 0.15) is 31.4 Å². The van der Waals surface area contributed by atoms with E-state index >= 15 is 0 Å². The molecule has 118 valence electrons. The van der Waals surface area contributed by atoms with E-state index in [1.807, 2.05) is 13.8 Å². The number of rotatable bonds is 4. The van der Waals surface area contributed by atoms with Gasteiger partial charge in [0.15, 0.2) is 0 Å². The number of benzene rings is 1. The Balaban J connectivity index is 2.31. The first-order valence-electron chi connectivity index (χ1n) is 7.02. The molecule has 1 saturated carbocycles. The van der Waals surface area contributed by atoms with E-state index in [1.54, 1.807) is 33.1 Å². The number of hydrogen-bond acceptors (Lipinski definition) is 4. The van der Waals surface area contributed by atoms with Crippen LogP contribution in [0.4, 0.5) is 5.69 Å². The van der Waals surface area contributed by atoms with Crippen molar-refractivity contribution in [2.45, 2.75) is 51.2 Å². The third-order valence-electron chi connectivity index (χ3n) is 4.67. The van der Waals surface area contributed by atoms with Crippen molar-refractivity contribution in [3.8, 4) is 0 Å². The van der Waals surface area contributed by atoms with Gasteiger partial charge in [-0.25, -0.2) is 13.1 Å². The minimum Gasteiger partial charge on any atom is -0.398 e. The molecule has 0 saturated heterocycles. The fourth-order valence-electron chi connectivity index (χ4n) is 2.99. The van der Waals surface area contributed by atoms with Crippen LogP contribution in [0.3, 0.4) is 0 Å². The zero-order chi connectivity index (χ0) is 16.0. The number of hydrogen-bond donors (Lipinski definition) is 2. The van der Waals surface area contributed by atoms with Gasteiger partial charge in [0.05, 0.1) is 11.0 Å². The van der Waals surface area contributed by atoms with Gasteiger partial charge in [-0.05, 0) is 37.5 Å². The molecule has 0 amide bonds. The van der Waals surface area contributed by atoms with Crippen LogP contribution in [0, 0.1) is 19.3 Å². The van der Waals surface area contributed by atoms with Crippen LogP contribution in [0.25, 0.3) is 0 Å². The number of nitrogens with two attached hydrogens (primary N) is 1. The zero-order valence-electron chi connectivity index (χ0n) is 13.2. The van der Waals surface area contributed by atoms with E-state index in [-0.39, 0.29) is 17.6 Å². The molecule has 1 aliphatic carbocycles. The van der Waals surface area contributed by atoms with Gasteiger partial charge in [0, 0.05) is 24.3 Å². The summed E-state index contributed by atoms with van der Waals surface area (Å²) in [6, 6.07) is 3.34. The van der Waals surface area contributed by atoms with Crippen molar-refractivity contribution < 1.29 is 13.2 Å². The van der Waals surface area contributed by atoms with Crippen molar-refractivity contribution >= 4 is 15.7 Å². The van der Waals surface area contributed by atoms with E-state index in [9.17, 15) is 8.42 Å². The Morgan fingerprint density at radius 2 is 1.95 bits per heavy atom. The van der Waals surface area contributed by atoms with Crippen molar-refractivity contribution in [3.05, 3.63) is 23.3 Å². The Hall–Kier alpha value is -1.11. The number of methoxy groups -OCH3 is 1. The van der Waals surface area contributed by atoms with E-state index in [4.69, 9.17) is 10.5 Å². The molecule has 21 heavy (non-hydrogen) atoms. The predicted octanol–water partition coefficient (Wildman–Crippen LogP) is 1.98. The predicted molar refractivity (Wildman–Crippen MR) is 83.6 cm³/mol. The zero-order valence-corrected chi connectivity index (χ0v) is 14.0. The maximum absolute atomic E-state index is 12.7. The third kappa shape index (κ3) is 2.67. The summed E-state index contributed by atoms with van der Waals surface area (Å²) in [4.78, 5) is 0.291. The van der Waals surface area contributed by atoms with Gasteiger partial charge in [0.2, 0.25) is 10.0 Å². The summed E-state index contributed by atoms with van der Waals surface area (Å²) in [5.41, 5.74) is 7.42. The lowest BCUT2D eigenvalue weighted by atomic mass is 9.65. The molecule has 0 aliphatic heterocycles. The summed E-state index contributed by atoms with van der Waals surface area (Å²) in [6.45, 7) is 7.54. The molecule has 0 heterocycles. The van der Waals surface area contributed by atoms with E-state index in [0.717, 1.165) is 0 Å². The third-order valence-corrected chi connectivity index (χ3v) is 6.43. The molecule has 5 nitrogen and oxygen atoms in total. The molecule has 2 unspecified atom stereocenters. The standard InChI is InChI=1S/C15H24N2O3S/c1-9-6-7-11(16)10(2)14(9)21(18,19)17-12-8-13(20-5)15(12,3)4/h6-7,12-13,17H,8,16H2,1-5H3. The normalized spacial score (nSPS) is 24.6. The van der Waals surface area contributed by atoms with Crippen LogP contribution in [0.15, 0.2) is 17.0 Å². The SMILES string of the molecule is COC1CC(NS(=O)(=O)c2c(C)ccc(N)c2C)C1(C)C. The Bertz CT molecular complexity index is 653. The van der Waals surface area contributed by atoms with E-state index in [2.05, 4.69) is 4.72 Å². The van der Waals surface area contributed by atoms with E-state index in [0.29, 0.717) is 28.1 Å². The molecule has 0 aromatic heterocycles. The maximum atomic E-state index is 12.7. The number of aryl methyl sites for hydroxylation is 1. The highest BCUT2D eigenvalue weighted by Gasteiger charge is 2.50. The van der Waals surface area contributed by atoms with Gasteiger partial charge >= 0.3 is 0 Å². The van der Waals surface area contributed by atoms with Crippen molar-refractivity contribution in [2.24, 2.45) is 5.41 Å². The highest BCUT2D eigenvalue weighted by molar-refractivity contribution is 7.89. The lowest BCUT2D eigenvalue weighted by molar-refractivity contribution is -0.0908. The quantitative estimate of drug-likeness (QED) is 0.833. The maximum Gasteiger partial charge on any atom is 0.241 e. The molecule has 0 bridgehead atoms. The number of sulfonamides is 1. The van der Waals surface area contributed by atoms with E-state index in [1.165, 1.54) is 0 Å². The number of anilines is 1. The summed E-state index contributed by atoms with van der Waals surface area (Å²) in [5.74, 6) is 0. The molecule has 0 spiro atoms. The molecule has 1 aromatic rings. The average molecular weight is 312 g/mol. The topological polar surface area (TPSA) is 81.4 Å². The summed E-state index contributed by atoms with van der Waals surface area (Å²) in [7, 11) is -1.94. The number of nitrogens with one attached hydrogen (secondary N) is 1. The van der Waals surface area contributed by atoms with Gasteiger partial charge in [0.1, 0.15) is 0 Å². The Morgan fingerprint density at radius 1 is 1.33 bits per heavy atom. The highest BCUT2D eigenvalue weighted by atomic mass is 32.2. The molecular weight excluding hydrogens is 288 g/mol. The monoisotopic (exact) mass is 312 g/mol. The van der Waals surface area contributed by atoms with E-state index < -0.39 is 10.0 Å². The fourth-order valence-corrected chi connectivity index (χ4v) is 4.89. The van der Waals surface area contributed by atoms with Crippen LogP contribution in [-0.2, 0) is 14.8 Å². The second kappa shape index (κ2) is 5.26. The number of nitrogen functional groups attached to an aromatic ring is 1. The van der Waals surface area contributed by atoms with Gasteiger partial charge < -0.3 is 10.5 Å². The Kier molecular flexibility index (Phi) is 4.08. The first kappa shape index (κ1) is 16.3. The van der Waals surface area contributed by atoms with Crippen LogP contribution < -0.4 is 10.5 Å². The molecule has 2 rings (SSSR count). The van der Waals surface area contributed by atoms with Gasteiger partial charge in [-0.1, -0.05) is 19.9 Å². The van der Waals surface area contributed by atoms with Crippen LogP contribution in [-0.4, -0.2) is 27.7 Å². The highest BCUT2D eigenvalue weighted by Crippen LogP contribution is 2.43. The smallest absolute Gasteiger partial charge is 0.241 e. The van der Waals surface area contributed by atoms with Gasteiger partial charge in [-0.15, -0.1) is 0 Å². The molecule has 1 aliphatic rings. The minimum atomic E-state index is -3.59. The van der Waals surface area contributed by atoms with Crippen LogP contribution >= 0.6 is 0 Å².